The van der Waals surface area contributed by atoms with Gasteiger partial charge in [0.2, 0.25) is 0 Å². The lowest BCUT2D eigenvalue weighted by molar-refractivity contribution is -0.147. The van der Waals surface area contributed by atoms with Gasteiger partial charge in [0.25, 0.3) is 0 Å². The van der Waals surface area contributed by atoms with Crippen LogP contribution in [0.1, 0.15) is 51.7 Å². The minimum Gasteiger partial charge on any atom is -0.345 e. The van der Waals surface area contributed by atoms with Crippen LogP contribution in [-0.4, -0.2) is 33.8 Å². The molecule has 0 aromatic heterocycles. The lowest BCUT2D eigenvalue weighted by atomic mass is 9.79. The van der Waals surface area contributed by atoms with Crippen molar-refractivity contribution in [2.75, 3.05) is 0 Å². The van der Waals surface area contributed by atoms with Gasteiger partial charge in [-0.1, -0.05) is 60.7 Å². The van der Waals surface area contributed by atoms with Crippen LogP contribution in [-0.2, 0) is 22.7 Å². The molecule has 2 aromatic rings. The highest BCUT2D eigenvalue weighted by atomic mass is 16.2. The van der Waals surface area contributed by atoms with Crippen molar-refractivity contribution < 1.29 is 9.59 Å². The lowest BCUT2D eigenvalue weighted by Gasteiger charge is -2.46. The van der Waals surface area contributed by atoms with Crippen molar-refractivity contribution in [1.82, 2.24) is 15.5 Å². The van der Waals surface area contributed by atoms with E-state index in [9.17, 15) is 9.59 Å². The second-order valence-corrected chi connectivity index (χ2v) is 9.60. The molecule has 0 aliphatic carbocycles. The van der Waals surface area contributed by atoms with Crippen molar-refractivity contribution in [3.05, 3.63) is 71.8 Å². The maximum Gasteiger partial charge on any atom is 0.312 e. The minimum atomic E-state index is -0.527. The summed E-state index contributed by atoms with van der Waals surface area (Å²) in [5.74, 6) is -1.02. The highest BCUT2D eigenvalue weighted by molar-refractivity contribution is 6.35. The molecule has 160 valence electrons. The van der Waals surface area contributed by atoms with Gasteiger partial charge in [-0.05, 0) is 51.7 Å². The van der Waals surface area contributed by atoms with E-state index in [1.165, 1.54) is 0 Å². The molecule has 1 saturated heterocycles. The molecule has 1 heterocycles. The average Bonchev–Trinajstić information content (AvgIpc) is 2.66. The first-order chi connectivity index (χ1) is 14.1. The third kappa shape index (κ3) is 6.17. The number of nitrogens with zero attached hydrogens (tertiary/aromatic N) is 1. The zero-order valence-corrected chi connectivity index (χ0v) is 18.4. The van der Waals surface area contributed by atoms with Crippen LogP contribution in [0.4, 0.5) is 0 Å². The third-order valence-electron chi connectivity index (χ3n) is 5.44. The molecule has 0 radical (unpaired) electrons. The SMILES string of the molecule is CC1(C)CC(NC(=O)C(=O)N(Cc2ccccc2)Cc2ccccc2)CC(C)(C)N1. The van der Waals surface area contributed by atoms with Gasteiger partial charge in [-0.3, -0.25) is 9.59 Å². The molecular formula is C25H33N3O2. The van der Waals surface area contributed by atoms with Crippen molar-refractivity contribution >= 4 is 11.8 Å². The summed E-state index contributed by atoms with van der Waals surface area (Å²) in [6.07, 6.45) is 1.57. The number of piperidine rings is 1. The van der Waals surface area contributed by atoms with Crippen LogP contribution in [0.15, 0.2) is 60.7 Å². The van der Waals surface area contributed by atoms with Crippen LogP contribution in [0, 0.1) is 0 Å². The number of hydrogen-bond donors (Lipinski definition) is 2. The zero-order chi connectivity index (χ0) is 21.8. The molecule has 1 aliphatic heterocycles. The average molecular weight is 408 g/mol. The smallest absolute Gasteiger partial charge is 0.312 e. The highest BCUT2D eigenvalue weighted by Gasteiger charge is 2.39. The molecule has 1 fully saturated rings. The van der Waals surface area contributed by atoms with Gasteiger partial charge < -0.3 is 15.5 Å². The molecule has 2 N–H and O–H groups in total. The van der Waals surface area contributed by atoms with Gasteiger partial charge in [0.1, 0.15) is 0 Å². The fourth-order valence-corrected chi connectivity index (χ4v) is 4.62. The van der Waals surface area contributed by atoms with E-state index in [0.29, 0.717) is 13.1 Å². The molecule has 2 aromatic carbocycles. The molecular weight excluding hydrogens is 374 g/mol. The Balaban J connectivity index is 1.73. The third-order valence-corrected chi connectivity index (χ3v) is 5.44. The van der Waals surface area contributed by atoms with Crippen LogP contribution in [0.5, 0.6) is 0 Å². The number of carbonyl (C=O) groups is 2. The number of carbonyl (C=O) groups excluding carboxylic acids is 2. The zero-order valence-electron chi connectivity index (χ0n) is 18.4. The fourth-order valence-electron chi connectivity index (χ4n) is 4.62. The molecule has 0 saturated carbocycles. The molecule has 30 heavy (non-hydrogen) atoms. The number of hydrogen-bond acceptors (Lipinski definition) is 3. The van der Waals surface area contributed by atoms with Crippen LogP contribution in [0.3, 0.4) is 0 Å². The van der Waals surface area contributed by atoms with Gasteiger partial charge in [0.05, 0.1) is 0 Å². The van der Waals surface area contributed by atoms with Gasteiger partial charge >= 0.3 is 11.8 Å². The Morgan fingerprint density at radius 1 is 0.867 bits per heavy atom. The van der Waals surface area contributed by atoms with Crippen LogP contribution >= 0.6 is 0 Å². The van der Waals surface area contributed by atoms with Gasteiger partial charge in [-0.15, -0.1) is 0 Å². The van der Waals surface area contributed by atoms with Crippen molar-refractivity contribution in [2.45, 2.75) is 70.7 Å². The summed E-state index contributed by atoms with van der Waals surface area (Å²) in [5, 5.41) is 6.62. The van der Waals surface area contributed by atoms with E-state index >= 15 is 0 Å². The van der Waals surface area contributed by atoms with Crippen LogP contribution in [0.25, 0.3) is 0 Å². The molecule has 0 bridgehead atoms. The maximum absolute atomic E-state index is 13.1. The summed E-state index contributed by atoms with van der Waals surface area (Å²) in [5.41, 5.74) is 1.80. The van der Waals surface area contributed by atoms with Crippen molar-refractivity contribution in [3.8, 4) is 0 Å². The first kappa shape index (κ1) is 22.0. The number of benzene rings is 2. The Kier molecular flexibility index (Phi) is 6.61. The molecule has 0 unspecified atom stereocenters. The Morgan fingerprint density at radius 2 is 1.30 bits per heavy atom. The monoisotopic (exact) mass is 407 g/mol. The van der Waals surface area contributed by atoms with E-state index < -0.39 is 11.8 Å². The Hall–Kier alpha value is -2.66. The van der Waals surface area contributed by atoms with E-state index in [2.05, 4.69) is 38.3 Å². The normalized spacial score (nSPS) is 17.9. The molecule has 3 rings (SSSR count). The second kappa shape index (κ2) is 9.00. The predicted octanol–water partition coefficient (Wildman–Crippen LogP) is 3.64. The van der Waals surface area contributed by atoms with Gasteiger partial charge in [0.15, 0.2) is 0 Å². The predicted molar refractivity (Wildman–Crippen MR) is 120 cm³/mol. The summed E-state index contributed by atoms with van der Waals surface area (Å²) in [4.78, 5) is 27.7. The minimum absolute atomic E-state index is 0.0389. The van der Waals surface area contributed by atoms with Gasteiger partial charge in [0, 0.05) is 30.2 Å². The Bertz CT molecular complexity index is 805. The standard InChI is InChI=1S/C25H33N3O2/c1-24(2)15-21(16-25(3,4)27-24)26-22(29)23(30)28(17-19-11-7-5-8-12-19)18-20-13-9-6-10-14-20/h5-14,21,27H,15-18H2,1-4H3,(H,26,29). The molecule has 5 nitrogen and oxygen atoms in total. The summed E-state index contributed by atoms with van der Waals surface area (Å²) in [6.45, 7) is 9.31. The number of rotatable bonds is 5. The topological polar surface area (TPSA) is 61.4 Å². The highest BCUT2D eigenvalue weighted by Crippen LogP contribution is 2.28. The lowest BCUT2D eigenvalue weighted by Crippen LogP contribution is -2.62. The largest absolute Gasteiger partial charge is 0.345 e. The Labute approximate surface area is 179 Å². The first-order valence-electron chi connectivity index (χ1n) is 10.6. The molecule has 5 heteroatoms. The first-order valence-corrected chi connectivity index (χ1v) is 10.6. The van der Waals surface area contributed by atoms with Gasteiger partial charge in [-0.25, -0.2) is 0 Å². The van der Waals surface area contributed by atoms with E-state index in [-0.39, 0.29) is 17.1 Å². The fraction of sp³-hybridized carbons (Fsp3) is 0.440. The summed E-state index contributed by atoms with van der Waals surface area (Å²) < 4.78 is 0. The number of nitrogens with one attached hydrogen (secondary N) is 2. The van der Waals surface area contributed by atoms with Crippen molar-refractivity contribution in [2.24, 2.45) is 0 Å². The summed E-state index contributed by atoms with van der Waals surface area (Å²) in [7, 11) is 0. The molecule has 1 aliphatic rings. The Morgan fingerprint density at radius 3 is 1.73 bits per heavy atom. The molecule has 0 spiro atoms. The summed E-state index contributed by atoms with van der Waals surface area (Å²) in [6, 6.07) is 19.5. The van der Waals surface area contributed by atoms with Crippen LogP contribution in [0.2, 0.25) is 0 Å². The maximum atomic E-state index is 13.1. The van der Waals surface area contributed by atoms with E-state index in [4.69, 9.17) is 0 Å². The quantitative estimate of drug-likeness (QED) is 0.744. The van der Waals surface area contributed by atoms with Gasteiger partial charge in [-0.2, -0.15) is 0 Å². The number of amides is 2. The molecule has 0 atom stereocenters. The van der Waals surface area contributed by atoms with E-state index in [0.717, 1.165) is 24.0 Å². The van der Waals surface area contributed by atoms with E-state index in [1.54, 1.807) is 4.90 Å². The van der Waals surface area contributed by atoms with Crippen LogP contribution < -0.4 is 10.6 Å². The summed E-state index contributed by atoms with van der Waals surface area (Å²) >= 11 is 0. The van der Waals surface area contributed by atoms with Crippen molar-refractivity contribution in [3.63, 3.8) is 0 Å². The second-order valence-electron chi connectivity index (χ2n) is 9.60. The molecule has 2 amide bonds. The van der Waals surface area contributed by atoms with Crippen molar-refractivity contribution in [1.29, 1.82) is 0 Å². The van der Waals surface area contributed by atoms with E-state index in [1.807, 2.05) is 60.7 Å².